The standard InChI is InChI=1S/C12H18N2O6/c1-18-11-6-9(8-13)10(14(16)17)7-12(11)20-5-4-19-3-2-15/h6-7,15H,2-5,8,13H2,1H3. The molecule has 0 atom stereocenters. The van der Waals surface area contributed by atoms with Gasteiger partial charge in [-0.05, 0) is 6.07 Å². The van der Waals surface area contributed by atoms with E-state index >= 15 is 0 Å². The molecule has 0 fully saturated rings. The lowest BCUT2D eigenvalue weighted by Crippen LogP contribution is -2.10. The van der Waals surface area contributed by atoms with Crippen LogP contribution in [0.4, 0.5) is 5.69 Å². The smallest absolute Gasteiger partial charge is 0.277 e. The first-order valence-electron chi connectivity index (χ1n) is 6.00. The third kappa shape index (κ3) is 4.34. The van der Waals surface area contributed by atoms with Crippen molar-refractivity contribution in [1.82, 2.24) is 0 Å². The van der Waals surface area contributed by atoms with Gasteiger partial charge < -0.3 is 25.1 Å². The number of ether oxygens (including phenoxy) is 3. The first-order valence-corrected chi connectivity index (χ1v) is 6.00. The maximum absolute atomic E-state index is 10.9. The molecule has 0 spiro atoms. The van der Waals surface area contributed by atoms with Crippen molar-refractivity contribution in [2.45, 2.75) is 6.54 Å². The molecular weight excluding hydrogens is 268 g/mol. The number of hydrogen-bond acceptors (Lipinski definition) is 7. The molecule has 0 bridgehead atoms. The number of benzene rings is 1. The number of hydrogen-bond donors (Lipinski definition) is 2. The van der Waals surface area contributed by atoms with Crippen LogP contribution in [0.5, 0.6) is 11.5 Å². The van der Waals surface area contributed by atoms with Crippen LogP contribution in [0.2, 0.25) is 0 Å². The number of aliphatic hydroxyl groups is 1. The molecule has 1 aromatic carbocycles. The Balaban J connectivity index is 2.82. The van der Waals surface area contributed by atoms with E-state index in [1.54, 1.807) is 0 Å². The second-order valence-corrected chi connectivity index (χ2v) is 3.78. The number of nitro groups is 1. The maximum atomic E-state index is 10.9. The molecule has 0 radical (unpaired) electrons. The molecule has 1 rings (SSSR count). The van der Waals surface area contributed by atoms with Crippen molar-refractivity contribution in [2.24, 2.45) is 5.73 Å². The summed E-state index contributed by atoms with van der Waals surface area (Å²) < 4.78 is 15.5. The molecule has 112 valence electrons. The van der Waals surface area contributed by atoms with Gasteiger partial charge >= 0.3 is 0 Å². The summed E-state index contributed by atoms with van der Waals surface area (Å²) in [6.45, 7) is 0.630. The Hall–Kier alpha value is -1.90. The van der Waals surface area contributed by atoms with Crippen LogP contribution in [0, 0.1) is 10.1 Å². The summed E-state index contributed by atoms with van der Waals surface area (Å²) in [5, 5.41) is 19.5. The Morgan fingerprint density at radius 3 is 2.60 bits per heavy atom. The Labute approximate surface area is 116 Å². The fourth-order valence-corrected chi connectivity index (χ4v) is 1.57. The zero-order valence-corrected chi connectivity index (χ0v) is 11.2. The molecule has 0 unspecified atom stereocenters. The SMILES string of the molecule is COc1cc(CN)c([N+](=O)[O-])cc1OCCOCCO. The Kier molecular flexibility index (Phi) is 6.71. The summed E-state index contributed by atoms with van der Waals surface area (Å²) in [5.74, 6) is 0.627. The predicted octanol–water partition coefficient (Wildman–Crippen LogP) is 0.450. The van der Waals surface area contributed by atoms with Crippen molar-refractivity contribution in [2.75, 3.05) is 33.5 Å². The van der Waals surface area contributed by atoms with E-state index < -0.39 is 4.92 Å². The summed E-state index contributed by atoms with van der Waals surface area (Å²) in [5.41, 5.74) is 5.73. The van der Waals surface area contributed by atoms with Gasteiger partial charge in [0, 0.05) is 12.1 Å². The van der Waals surface area contributed by atoms with E-state index in [1.807, 2.05) is 0 Å². The highest BCUT2D eigenvalue weighted by atomic mass is 16.6. The van der Waals surface area contributed by atoms with Gasteiger partial charge in [-0.25, -0.2) is 0 Å². The average Bonchev–Trinajstić information content (AvgIpc) is 2.46. The van der Waals surface area contributed by atoms with Crippen molar-refractivity contribution in [3.05, 3.63) is 27.8 Å². The summed E-state index contributed by atoms with van der Waals surface area (Å²) in [6.07, 6.45) is 0. The lowest BCUT2D eigenvalue weighted by atomic mass is 10.1. The molecule has 0 aromatic heterocycles. The van der Waals surface area contributed by atoms with Gasteiger partial charge in [0.15, 0.2) is 11.5 Å². The maximum Gasteiger partial charge on any atom is 0.277 e. The Morgan fingerprint density at radius 2 is 2.05 bits per heavy atom. The van der Waals surface area contributed by atoms with Crippen LogP contribution in [0.25, 0.3) is 0 Å². The molecule has 8 nitrogen and oxygen atoms in total. The van der Waals surface area contributed by atoms with Crippen LogP contribution >= 0.6 is 0 Å². The third-order valence-electron chi connectivity index (χ3n) is 2.50. The van der Waals surface area contributed by atoms with E-state index in [9.17, 15) is 10.1 Å². The van der Waals surface area contributed by atoms with Gasteiger partial charge in [0.25, 0.3) is 5.69 Å². The second kappa shape index (κ2) is 8.31. The molecule has 20 heavy (non-hydrogen) atoms. The van der Waals surface area contributed by atoms with E-state index in [4.69, 9.17) is 25.1 Å². The van der Waals surface area contributed by atoms with Gasteiger partial charge in [-0.1, -0.05) is 0 Å². The molecule has 8 heteroatoms. The first kappa shape index (κ1) is 16.2. The van der Waals surface area contributed by atoms with Crippen LogP contribution in [0.3, 0.4) is 0 Å². The van der Waals surface area contributed by atoms with Gasteiger partial charge in [0.05, 0.1) is 37.9 Å². The van der Waals surface area contributed by atoms with Crippen LogP contribution < -0.4 is 15.2 Å². The molecule has 0 heterocycles. The van der Waals surface area contributed by atoms with E-state index in [0.29, 0.717) is 11.3 Å². The van der Waals surface area contributed by atoms with Crippen LogP contribution in [0.15, 0.2) is 12.1 Å². The zero-order chi connectivity index (χ0) is 15.0. The number of rotatable bonds is 9. The Morgan fingerprint density at radius 1 is 1.30 bits per heavy atom. The number of nitrogens with zero attached hydrogens (tertiary/aromatic N) is 1. The zero-order valence-electron chi connectivity index (χ0n) is 11.2. The Bertz CT molecular complexity index is 452. The van der Waals surface area contributed by atoms with Gasteiger partial charge in [-0.3, -0.25) is 10.1 Å². The average molecular weight is 286 g/mol. The normalized spacial score (nSPS) is 10.3. The minimum Gasteiger partial charge on any atom is -0.493 e. The molecule has 0 aliphatic rings. The third-order valence-corrected chi connectivity index (χ3v) is 2.50. The summed E-state index contributed by atoms with van der Waals surface area (Å²) in [4.78, 5) is 10.4. The van der Waals surface area contributed by atoms with Crippen molar-refractivity contribution >= 4 is 5.69 Å². The van der Waals surface area contributed by atoms with Gasteiger partial charge in [0.2, 0.25) is 0 Å². The topological polar surface area (TPSA) is 117 Å². The van der Waals surface area contributed by atoms with Crippen molar-refractivity contribution in [1.29, 1.82) is 0 Å². The molecule has 0 saturated carbocycles. The molecule has 3 N–H and O–H groups in total. The van der Waals surface area contributed by atoms with Crippen molar-refractivity contribution in [3.8, 4) is 11.5 Å². The number of aliphatic hydroxyl groups excluding tert-OH is 1. The van der Waals surface area contributed by atoms with E-state index in [0.717, 1.165) is 0 Å². The second-order valence-electron chi connectivity index (χ2n) is 3.78. The fourth-order valence-electron chi connectivity index (χ4n) is 1.57. The number of nitrogens with two attached hydrogens (primary N) is 1. The largest absolute Gasteiger partial charge is 0.493 e. The first-order chi connectivity index (χ1) is 9.63. The molecular formula is C12H18N2O6. The minimum absolute atomic E-state index is 0.0343. The highest BCUT2D eigenvalue weighted by Crippen LogP contribution is 2.34. The lowest BCUT2D eigenvalue weighted by Gasteiger charge is -2.12. The molecule has 0 aliphatic heterocycles. The molecule has 0 aliphatic carbocycles. The summed E-state index contributed by atoms with van der Waals surface area (Å²) >= 11 is 0. The molecule has 0 amide bonds. The minimum atomic E-state index is -0.517. The molecule has 1 aromatic rings. The van der Waals surface area contributed by atoms with Gasteiger partial charge in [0.1, 0.15) is 6.61 Å². The van der Waals surface area contributed by atoms with Gasteiger partial charge in [-0.15, -0.1) is 0 Å². The van der Waals surface area contributed by atoms with Gasteiger partial charge in [-0.2, -0.15) is 0 Å². The van der Waals surface area contributed by atoms with Crippen molar-refractivity contribution < 1.29 is 24.2 Å². The summed E-state index contributed by atoms with van der Waals surface area (Å²) in [7, 11) is 1.44. The monoisotopic (exact) mass is 286 g/mol. The highest BCUT2D eigenvalue weighted by molar-refractivity contribution is 5.54. The molecule has 0 saturated heterocycles. The highest BCUT2D eigenvalue weighted by Gasteiger charge is 2.18. The van der Waals surface area contributed by atoms with E-state index in [2.05, 4.69) is 0 Å². The number of nitro benzene ring substituents is 1. The van der Waals surface area contributed by atoms with Crippen LogP contribution in [-0.2, 0) is 11.3 Å². The number of methoxy groups -OCH3 is 1. The summed E-state index contributed by atoms with van der Waals surface area (Å²) in [6, 6.07) is 2.77. The van der Waals surface area contributed by atoms with Crippen LogP contribution in [0.1, 0.15) is 5.56 Å². The van der Waals surface area contributed by atoms with Crippen LogP contribution in [-0.4, -0.2) is 43.6 Å². The predicted molar refractivity (Wildman–Crippen MR) is 70.9 cm³/mol. The quantitative estimate of drug-likeness (QED) is 0.384. The fraction of sp³-hybridized carbons (Fsp3) is 0.500. The van der Waals surface area contributed by atoms with E-state index in [1.165, 1.54) is 19.2 Å². The van der Waals surface area contributed by atoms with E-state index in [-0.39, 0.29) is 44.4 Å². The van der Waals surface area contributed by atoms with Crippen molar-refractivity contribution in [3.63, 3.8) is 0 Å². The lowest BCUT2D eigenvalue weighted by molar-refractivity contribution is -0.385.